The van der Waals surface area contributed by atoms with Crippen molar-refractivity contribution in [2.45, 2.75) is 33.7 Å². The van der Waals surface area contributed by atoms with Crippen molar-refractivity contribution in [1.29, 1.82) is 0 Å². The van der Waals surface area contributed by atoms with Crippen LogP contribution in [0.1, 0.15) is 22.3 Å². The number of hydrogen-bond donors (Lipinski definition) is 0. The first-order chi connectivity index (χ1) is 12.5. The number of rotatable bonds is 5. The van der Waals surface area contributed by atoms with E-state index in [4.69, 9.17) is 4.74 Å². The largest absolute Gasteiger partial charge is 0.383 e. The summed E-state index contributed by atoms with van der Waals surface area (Å²) in [6, 6.07) is 12.4. The molecule has 0 unspecified atom stereocenters. The highest BCUT2D eigenvalue weighted by atomic mass is 32.1. The van der Waals surface area contributed by atoms with Gasteiger partial charge >= 0.3 is 0 Å². The van der Waals surface area contributed by atoms with Gasteiger partial charge in [0.15, 0.2) is 4.80 Å². The maximum absolute atomic E-state index is 12.7. The number of aromatic nitrogens is 1. The fraction of sp³-hybridized carbons (Fsp3) is 0.333. The summed E-state index contributed by atoms with van der Waals surface area (Å²) in [4.78, 5) is 17.8. The highest BCUT2D eigenvalue weighted by Crippen LogP contribution is 2.18. The number of carbonyl (C=O) groups is 1. The number of para-hydroxylation sites is 1. The number of fused-ring (bicyclic) bond motifs is 1. The van der Waals surface area contributed by atoms with Crippen molar-refractivity contribution in [2.75, 3.05) is 13.7 Å². The predicted molar refractivity (Wildman–Crippen MR) is 107 cm³/mol. The first-order valence-electron chi connectivity index (χ1n) is 8.71. The van der Waals surface area contributed by atoms with E-state index in [-0.39, 0.29) is 5.91 Å². The summed E-state index contributed by atoms with van der Waals surface area (Å²) in [5.41, 5.74) is 5.68. The third-order valence-electron chi connectivity index (χ3n) is 4.50. The standard InChI is InChI=1S/C21H24N2O2S/c1-14-11-15(2)17(16(3)12-14)13-20(24)22-21-23(9-10-25-4)18-7-5-6-8-19(18)26-21/h5-8,11-12H,9-10,13H2,1-4H3. The normalized spacial score (nSPS) is 12.1. The fourth-order valence-corrected chi connectivity index (χ4v) is 4.36. The fourth-order valence-electron chi connectivity index (χ4n) is 3.29. The monoisotopic (exact) mass is 368 g/mol. The van der Waals surface area contributed by atoms with Crippen LogP contribution in [0, 0.1) is 20.8 Å². The molecule has 3 rings (SSSR count). The molecule has 0 fully saturated rings. The van der Waals surface area contributed by atoms with Gasteiger partial charge in [-0.3, -0.25) is 4.79 Å². The highest BCUT2D eigenvalue weighted by molar-refractivity contribution is 7.16. The molecule has 0 radical (unpaired) electrons. The third-order valence-corrected chi connectivity index (χ3v) is 5.56. The van der Waals surface area contributed by atoms with E-state index in [1.54, 1.807) is 18.4 Å². The van der Waals surface area contributed by atoms with Crippen LogP contribution in [-0.2, 0) is 22.5 Å². The molecule has 1 heterocycles. The lowest BCUT2D eigenvalue weighted by Crippen LogP contribution is -2.20. The number of carbonyl (C=O) groups excluding carboxylic acids is 1. The summed E-state index contributed by atoms with van der Waals surface area (Å²) in [7, 11) is 1.68. The van der Waals surface area contributed by atoms with Gasteiger partial charge in [0.2, 0.25) is 0 Å². The number of benzene rings is 2. The van der Waals surface area contributed by atoms with Gasteiger partial charge in [0.05, 0.1) is 23.2 Å². The maximum atomic E-state index is 12.7. The molecule has 3 aromatic rings. The summed E-state index contributed by atoms with van der Waals surface area (Å²) in [5, 5.41) is 0. The first kappa shape index (κ1) is 18.5. The molecule has 4 nitrogen and oxygen atoms in total. The molecular formula is C21H24N2O2S. The smallest absolute Gasteiger partial charge is 0.252 e. The van der Waals surface area contributed by atoms with Crippen LogP contribution in [0.3, 0.4) is 0 Å². The third kappa shape index (κ3) is 3.94. The number of aryl methyl sites for hydroxylation is 3. The second-order valence-electron chi connectivity index (χ2n) is 6.56. The molecule has 136 valence electrons. The van der Waals surface area contributed by atoms with E-state index in [2.05, 4.69) is 54.6 Å². The van der Waals surface area contributed by atoms with Crippen molar-refractivity contribution in [3.63, 3.8) is 0 Å². The van der Waals surface area contributed by atoms with Gasteiger partial charge in [-0.05, 0) is 49.6 Å². The molecule has 0 saturated carbocycles. The molecule has 0 bridgehead atoms. The Morgan fingerprint density at radius 1 is 1.15 bits per heavy atom. The quantitative estimate of drug-likeness (QED) is 0.684. The summed E-state index contributed by atoms with van der Waals surface area (Å²) in [6.07, 6.45) is 0.330. The van der Waals surface area contributed by atoms with Gasteiger partial charge in [0.1, 0.15) is 0 Å². The zero-order chi connectivity index (χ0) is 18.7. The van der Waals surface area contributed by atoms with Crippen molar-refractivity contribution < 1.29 is 9.53 Å². The van der Waals surface area contributed by atoms with E-state index < -0.39 is 0 Å². The van der Waals surface area contributed by atoms with Gasteiger partial charge in [-0.2, -0.15) is 4.99 Å². The van der Waals surface area contributed by atoms with Crippen molar-refractivity contribution in [2.24, 2.45) is 4.99 Å². The van der Waals surface area contributed by atoms with Crippen molar-refractivity contribution in [1.82, 2.24) is 4.57 Å². The minimum Gasteiger partial charge on any atom is -0.383 e. The van der Waals surface area contributed by atoms with Crippen molar-refractivity contribution in [3.8, 4) is 0 Å². The lowest BCUT2D eigenvalue weighted by Gasteiger charge is -2.09. The van der Waals surface area contributed by atoms with E-state index in [9.17, 15) is 4.79 Å². The number of ether oxygens (including phenoxy) is 1. The van der Waals surface area contributed by atoms with E-state index in [0.29, 0.717) is 19.6 Å². The molecule has 0 aliphatic rings. The van der Waals surface area contributed by atoms with E-state index in [0.717, 1.165) is 31.7 Å². The van der Waals surface area contributed by atoms with Gasteiger partial charge in [-0.15, -0.1) is 0 Å². The second kappa shape index (κ2) is 7.98. The second-order valence-corrected chi connectivity index (χ2v) is 7.57. The van der Waals surface area contributed by atoms with Gasteiger partial charge in [-0.1, -0.05) is 41.2 Å². The molecule has 0 N–H and O–H groups in total. The first-order valence-corrected chi connectivity index (χ1v) is 9.53. The van der Waals surface area contributed by atoms with Gasteiger partial charge in [0, 0.05) is 13.7 Å². The van der Waals surface area contributed by atoms with Crippen LogP contribution in [0.25, 0.3) is 10.2 Å². The Hall–Kier alpha value is -2.24. The van der Waals surface area contributed by atoms with E-state index in [1.165, 1.54) is 5.56 Å². The molecule has 0 saturated heterocycles. The summed E-state index contributed by atoms with van der Waals surface area (Å²) in [6.45, 7) is 7.45. The molecule has 0 aliphatic heterocycles. The number of thiazole rings is 1. The average Bonchev–Trinajstić information content (AvgIpc) is 2.93. The Morgan fingerprint density at radius 2 is 1.85 bits per heavy atom. The Balaban J connectivity index is 1.98. The van der Waals surface area contributed by atoms with E-state index in [1.807, 2.05) is 12.1 Å². The molecule has 5 heteroatoms. The molecule has 0 atom stereocenters. The minimum absolute atomic E-state index is 0.113. The Labute approximate surface area is 157 Å². The Kier molecular flexibility index (Phi) is 5.69. The van der Waals surface area contributed by atoms with Gasteiger partial charge < -0.3 is 9.30 Å². The minimum atomic E-state index is -0.113. The van der Waals surface area contributed by atoms with Crippen LogP contribution in [0.4, 0.5) is 0 Å². The van der Waals surface area contributed by atoms with Crippen LogP contribution < -0.4 is 4.80 Å². The zero-order valence-corrected chi connectivity index (χ0v) is 16.5. The van der Waals surface area contributed by atoms with Gasteiger partial charge in [0.25, 0.3) is 5.91 Å². The number of methoxy groups -OCH3 is 1. The van der Waals surface area contributed by atoms with E-state index >= 15 is 0 Å². The summed E-state index contributed by atoms with van der Waals surface area (Å²) in [5.74, 6) is -0.113. The lowest BCUT2D eigenvalue weighted by molar-refractivity contribution is -0.117. The molecule has 1 amide bonds. The zero-order valence-electron chi connectivity index (χ0n) is 15.7. The van der Waals surface area contributed by atoms with Crippen LogP contribution in [0.15, 0.2) is 41.4 Å². The highest BCUT2D eigenvalue weighted by Gasteiger charge is 2.11. The Bertz CT molecular complexity index is 991. The molecule has 26 heavy (non-hydrogen) atoms. The lowest BCUT2D eigenvalue weighted by atomic mass is 9.97. The molecule has 0 aliphatic carbocycles. The molecule has 0 spiro atoms. The summed E-state index contributed by atoms with van der Waals surface area (Å²) < 4.78 is 8.41. The van der Waals surface area contributed by atoms with Gasteiger partial charge in [-0.25, -0.2) is 0 Å². The number of hydrogen-bond acceptors (Lipinski definition) is 3. The predicted octanol–water partition coefficient (Wildman–Crippen LogP) is 3.94. The van der Waals surface area contributed by atoms with Crippen LogP contribution in [0.2, 0.25) is 0 Å². The molecule has 1 aromatic heterocycles. The maximum Gasteiger partial charge on any atom is 0.252 e. The van der Waals surface area contributed by atoms with Crippen molar-refractivity contribution in [3.05, 3.63) is 63.5 Å². The summed E-state index contributed by atoms with van der Waals surface area (Å²) >= 11 is 1.54. The molecule has 2 aromatic carbocycles. The SMILES string of the molecule is COCCn1c(=NC(=O)Cc2c(C)cc(C)cc2C)sc2ccccc21. The van der Waals surface area contributed by atoms with Crippen molar-refractivity contribution >= 4 is 27.5 Å². The van der Waals surface area contributed by atoms with Crippen LogP contribution >= 0.6 is 11.3 Å². The average molecular weight is 369 g/mol. The number of nitrogens with zero attached hydrogens (tertiary/aromatic N) is 2. The Morgan fingerprint density at radius 3 is 2.54 bits per heavy atom. The number of amides is 1. The van der Waals surface area contributed by atoms with Crippen LogP contribution in [0.5, 0.6) is 0 Å². The topological polar surface area (TPSA) is 43.6 Å². The molecular weight excluding hydrogens is 344 g/mol. The van der Waals surface area contributed by atoms with Crippen LogP contribution in [-0.4, -0.2) is 24.2 Å².